The summed E-state index contributed by atoms with van der Waals surface area (Å²) in [6.07, 6.45) is 9.50. The SMILES string of the molecule is CCCN1CC=C[C@H]2S[C@]34C=CCN(c5ccc(N(CC)CC)cc5)C(=O)C3N([C@@H](CC)CO)C(=O)[C@@H]4[C@H]2C1=O. The summed E-state index contributed by atoms with van der Waals surface area (Å²) in [7, 11) is 0. The predicted molar refractivity (Wildman–Crippen MR) is 160 cm³/mol. The molecule has 8 nitrogen and oxygen atoms in total. The van der Waals surface area contributed by atoms with Gasteiger partial charge >= 0.3 is 0 Å². The Morgan fingerprint density at radius 1 is 1.00 bits per heavy atom. The highest BCUT2D eigenvalue weighted by molar-refractivity contribution is 8.02. The average Bonchev–Trinajstić information content (AvgIpc) is 3.28. The normalized spacial score (nSPS) is 30.2. The van der Waals surface area contributed by atoms with Crippen LogP contribution in [0.4, 0.5) is 11.4 Å². The van der Waals surface area contributed by atoms with Crippen LogP contribution in [0.3, 0.4) is 0 Å². The van der Waals surface area contributed by atoms with Crippen LogP contribution >= 0.6 is 11.8 Å². The van der Waals surface area contributed by atoms with Gasteiger partial charge in [0.1, 0.15) is 6.04 Å². The zero-order chi connectivity index (χ0) is 28.6. The molecule has 6 atom stereocenters. The number of carbonyl (C=O) groups excluding carboxylic acids is 3. The van der Waals surface area contributed by atoms with Crippen LogP contribution in [0, 0.1) is 11.8 Å². The van der Waals surface area contributed by atoms with E-state index in [-0.39, 0.29) is 29.6 Å². The zero-order valence-corrected chi connectivity index (χ0v) is 24.8. The fraction of sp³-hybridized carbons (Fsp3) is 0.581. The van der Waals surface area contributed by atoms with Crippen molar-refractivity contribution >= 4 is 40.9 Å². The first kappa shape index (κ1) is 28.7. The molecule has 1 aromatic carbocycles. The fourth-order valence-corrected chi connectivity index (χ4v) is 9.06. The molecule has 1 spiro atoms. The first-order chi connectivity index (χ1) is 19.4. The average molecular weight is 567 g/mol. The summed E-state index contributed by atoms with van der Waals surface area (Å²) in [6.45, 7) is 11.3. The van der Waals surface area contributed by atoms with E-state index in [4.69, 9.17) is 0 Å². The number of likely N-dealkylation sites (tertiary alicyclic amines) is 1. The number of nitrogens with zero attached hydrogens (tertiary/aromatic N) is 4. The minimum Gasteiger partial charge on any atom is -0.394 e. The number of hydrogen-bond donors (Lipinski definition) is 1. The molecule has 3 amide bonds. The van der Waals surface area contributed by atoms with Crippen LogP contribution in [0.15, 0.2) is 48.6 Å². The molecular weight excluding hydrogens is 524 g/mol. The number of fused-ring (bicyclic) bond motifs is 2. The van der Waals surface area contributed by atoms with Gasteiger partial charge in [0.05, 0.1) is 29.2 Å². The van der Waals surface area contributed by atoms with E-state index < -0.39 is 28.7 Å². The number of thioether (sulfide) groups is 1. The third-order valence-electron chi connectivity index (χ3n) is 9.04. The van der Waals surface area contributed by atoms with Crippen LogP contribution in [0.2, 0.25) is 0 Å². The topological polar surface area (TPSA) is 84.4 Å². The second kappa shape index (κ2) is 11.6. The van der Waals surface area contributed by atoms with Gasteiger partial charge in [-0.25, -0.2) is 0 Å². The molecule has 0 aromatic heterocycles. The second-order valence-electron chi connectivity index (χ2n) is 11.1. The maximum Gasteiger partial charge on any atom is 0.251 e. The molecule has 1 unspecified atom stereocenters. The van der Waals surface area contributed by atoms with Crippen molar-refractivity contribution in [1.29, 1.82) is 0 Å². The monoisotopic (exact) mass is 566 g/mol. The lowest BCUT2D eigenvalue weighted by molar-refractivity contribution is -0.144. The number of carbonyl (C=O) groups is 3. The van der Waals surface area contributed by atoms with Crippen molar-refractivity contribution in [1.82, 2.24) is 9.80 Å². The first-order valence-electron chi connectivity index (χ1n) is 14.8. The van der Waals surface area contributed by atoms with Gasteiger partial charge in [0.25, 0.3) is 5.91 Å². The Morgan fingerprint density at radius 2 is 1.73 bits per heavy atom. The van der Waals surface area contributed by atoms with E-state index in [0.29, 0.717) is 26.1 Å². The van der Waals surface area contributed by atoms with Crippen LogP contribution in [0.5, 0.6) is 0 Å². The van der Waals surface area contributed by atoms with Gasteiger partial charge in [-0.2, -0.15) is 0 Å². The summed E-state index contributed by atoms with van der Waals surface area (Å²) in [6, 6.07) is 6.72. The van der Waals surface area contributed by atoms with Gasteiger partial charge in [0, 0.05) is 49.3 Å². The van der Waals surface area contributed by atoms with Crippen LogP contribution < -0.4 is 9.80 Å². The largest absolute Gasteiger partial charge is 0.394 e. The molecule has 4 aliphatic rings. The third-order valence-corrected chi connectivity index (χ3v) is 10.8. The summed E-state index contributed by atoms with van der Waals surface area (Å²) in [5.74, 6) is -1.56. The summed E-state index contributed by atoms with van der Waals surface area (Å²) in [5, 5.41) is 10.2. The third kappa shape index (κ3) is 4.45. The van der Waals surface area contributed by atoms with Gasteiger partial charge in [0.15, 0.2) is 0 Å². The van der Waals surface area contributed by atoms with E-state index >= 15 is 0 Å². The van der Waals surface area contributed by atoms with Crippen molar-refractivity contribution in [3.05, 3.63) is 48.6 Å². The summed E-state index contributed by atoms with van der Waals surface area (Å²) < 4.78 is -0.878. The van der Waals surface area contributed by atoms with Gasteiger partial charge in [-0.3, -0.25) is 14.4 Å². The highest BCUT2D eigenvalue weighted by Crippen LogP contribution is 2.61. The molecule has 0 radical (unpaired) electrons. The summed E-state index contributed by atoms with van der Waals surface area (Å²) in [4.78, 5) is 50.4. The molecular formula is C31H42N4O4S. The Labute approximate surface area is 242 Å². The molecule has 1 aromatic rings. The van der Waals surface area contributed by atoms with Gasteiger partial charge < -0.3 is 24.7 Å². The van der Waals surface area contributed by atoms with Gasteiger partial charge in [0.2, 0.25) is 11.8 Å². The number of aliphatic hydroxyl groups excluding tert-OH is 1. The van der Waals surface area contributed by atoms with E-state index in [1.165, 1.54) is 0 Å². The maximum atomic E-state index is 14.6. The van der Waals surface area contributed by atoms with Crippen LogP contribution in [0.1, 0.15) is 40.5 Å². The van der Waals surface area contributed by atoms with E-state index in [9.17, 15) is 19.5 Å². The molecule has 0 saturated carbocycles. The van der Waals surface area contributed by atoms with E-state index in [0.717, 1.165) is 30.9 Å². The Bertz CT molecular complexity index is 1180. The molecule has 1 N–H and O–H groups in total. The smallest absolute Gasteiger partial charge is 0.251 e. The maximum absolute atomic E-state index is 14.6. The van der Waals surface area contributed by atoms with Crippen molar-refractivity contribution in [2.45, 2.75) is 62.6 Å². The molecule has 0 bridgehead atoms. The quantitative estimate of drug-likeness (QED) is 0.462. The van der Waals surface area contributed by atoms with Gasteiger partial charge in [-0.1, -0.05) is 38.2 Å². The van der Waals surface area contributed by atoms with Crippen molar-refractivity contribution in [2.75, 3.05) is 49.1 Å². The van der Waals surface area contributed by atoms with E-state index in [2.05, 4.69) is 24.8 Å². The van der Waals surface area contributed by atoms with Crippen molar-refractivity contribution < 1.29 is 19.5 Å². The fourth-order valence-electron chi connectivity index (χ4n) is 7.07. The van der Waals surface area contributed by atoms with Crippen molar-refractivity contribution in [3.8, 4) is 0 Å². The minimum absolute atomic E-state index is 0.00818. The standard InChI is InChI=1S/C31H42N4O4S/c1-5-17-33-18-9-11-24-25(28(33)37)26-29(38)35(21(6-2)20-36)27-30(39)34(19-10-16-31(26,27)40-24)23-14-12-22(13-15-23)32(7-3)8-4/h9-16,21,24-27,36H,5-8,17-20H2,1-4H3/t21-,24+,25-,26-,27?,31-/m0/s1. The molecule has 5 rings (SSSR count). The van der Waals surface area contributed by atoms with Crippen LogP contribution in [0.25, 0.3) is 0 Å². The lowest BCUT2D eigenvalue weighted by atomic mass is 9.78. The lowest BCUT2D eigenvalue weighted by Gasteiger charge is -2.38. The number of aliphatic hydroxyl groups is 1. The Balaban J connectivity index is 1.57. The molecule has 4 heterocycles. The Hall–Kier alpha value is -2.78. The number of rotatable bonds is 9. The molecule has 40 heavy (non-hydrogen) atoms. The first-order valence-corrected chi connectivity index (χ1v) is 15.6. The number of benzene rings is 1. The Morgan fingerprint density at radius 3 is 2.35 bits per heavy atom. The van der Waals surface area contributed by atoms with E-state index in [1.54, 1.807) is 21.6 Å². The second-order valence-corrected chi connectivity index (χ2v) is 12.6. The molecule has 2 fully saturated rings. The van der Waals surface area contributed by atoms with Gasteiger partial charge in [-0.15, -0.1) is 11.8 Å². The molecule has 4 aliphatic heterocycles. The molecule has 216 valence electrons. The molecule has 9 heteroatoms. The van der Waals surface area contributed by atoms with Crippen LogP contribution in [-0.2, 0) is 14.4 Å². The number of anilines is 2. The summed E-state index contributed by atoms with van der Waals surface area (Å²) >= 11 is 1.59. The molecule has 2 saturated heterocycles. The lowest BCUT2D eigenvalue weighted by Crippen LogP contribution is -2.56. The molecule has 0 aliphatic carbocycles. The number of amides is 3. The van der Waals surface area contributed by atoms with Crippen LogP contribution in [-0.4, -0.2) is 94.0 Å². The predicted octanol–water partition coefficient (Wildman–Crippen LogP) is 3.31. The van der Waals surface area contributed by atoms with E-state index in [1.807, 2.05) is 61.2 Å². The Kier molecular flexibility index (Phi) is 8.34. The zero-order valence-electron chi connectivity index (χ0n) is 24.0. The highest BCUT2D eigenvalue weighted by atomic mass is 32.2. The van der Waals surface area contributed by atoms with Gasteiger partial charge in [-0.05, 0) is 51.0 Å². The minimum atomic E-state index is -0.878. The summed E-state index contributed by atoms with van der Waals surface area (Å²) in [5.41, 5.74) is 1.87. The van der Waals surface area contributed by atoms with Crippen molar-refractivity contribution in [3.63, 3.8) is 0 Å². The van der Waals surface area contributed by atoms with Crippen molar-refractivity contribution in [2.24, 2.45) is 11.8 Å². The highest BCUT2D eigenvalue weighted by Gasteiger charge is 2.71. The number of hydrogen-bond acceptors (Lipinski definition) is 6.